The first-order chi connectivity index (χ1) is 15.4. The van der Waals surface area contributed by atoms with Crippen LogP contribution in [0.15, 0.2) is 46.6 Å². The Morgan fingerprint density at radius 2 is 2.06 bits per heavy atom. The van der Waals surface area contributed by atoms with Crippen LogP contribution in [0.25, 0.3) is 16.2 Å². The van der Waals surface area contributed by atoms with Gasteiger partial charge in [-0.3, -0.25) is 18.6 Å². The van der Waals surface area contributed by atoms with Crippen LogP contribution in [0, 0.1) is 19.7 Å². The number of thiazole rings is 1. The van der Waals surface area contributed by atoms with Crippen molar-refractivity contribution in [3.05, 3.63) is 69.0 Å². The molecule has 0 fully saturated rings. The van der Waals surface area contributed by atoms with Crippen LogP contribution in [0.2, 0.25) is 0 Å². The lowest BCUT2D eigenvalue weighted by molar-refractivity contribution is -0.121. The molecule has 0 saturated heterocycles. The highest BCUT2D eigenvalue weighted by Crippen LogP contribution is 2.32. The van der Waals surface area contributed by atoms with Gasteiger partial charge in [0.25, 0.3) is 5.56 Å². The van der Waals surface area contributed by atoms with Gasteiger partial charge in [0.2, 0.25) is 5.91 Å². The molecule has 4 aromatic rings. The molecule has 1 aromatic carbocycles. The number of nitrogens with zero attached hydrogens (tertiary/aromatic N) is 4. The monoisotopic (exact) mass is 469 g/mol. The minimum atomic E-state index is -0.278. The first-order valence-corrected chi connectivity index (χ1v) is 11.9. The van der Waals surface area contributed by atoms with Gasteiger partial charge in [-0.2, -0.15) is 0 Å². The predicted octanol–water partition coefficient (Wildman–Crippen LogP) is 3.73. The molecule has 5 rings (SSSR count). The Kier molecular flexibility index (Phi) is 5.34. The summed E-state index contributed by atoms with van der Waals surface area (Å²) in [5.41, 5.74) is 3.14. The second kappa shape index (κ2) is 8.18. The van der Waals surface area contributed by atoms with Crippen molar-refractivity contribution in [2.45, 2.75) is 38.0 Å². The molecule has 32 heavy (non-hydrogen) atoms. The van der Waals surface area contributed by atoms with Gasteiger partial charge >= 0.3 is 0 Å². The maximum atomic E-state index is 13.2. The Labute approximate surface area is 191 Å². The summed E-state index contributed by atoms with van der Waals surface area (Å²) in [6.45, 7) is 4.12. The summed E-state index contributed by atoms with van der Waals surface area (Å²) in [4.78, 5) is 35.8. The molecule has 0 bridgehead atoms. The van der Waals surface area contributed by atoms with Crippen molar-refractivity contribution in [1.82, 2.24) is 24.3 Å². The van der Waals surface area contributed by atoms with Crippen LogP contribution in [0.4, 0.5) is 4.39 Å². The highest BCUT2D eigenvalue weighted by Gasteiger charge is 2.27. The van der Waals surface area contributed by atoms with Gasteiger partial charge in [-0.15, -0.1) is 0 Å². The number of hydrogen-bond donors (Lipinski definition) is 1. The minimum absolute atomic E-state index is 0.0786. The topological polar surface area (TPSA) is 81.3 Å². The van der Waals surface area contributed by atoms with E-state index in [0.29, 0.717) is 23.0 Å². The third-order valence-corrected chi connectivity index (χ3v) is 7.83. The fourth-order valence-electron chi connectivity index (χ4n) is 3.75. The van der Waals surface area contributed by atoms with E-state index in [2.05, 4.69) is 15.3 Å². The smallest absolute Gasteiger partial charge is 0.257 e. The summed E-state index contributed by atoms with van der Waals surface area (Å²) in [5.74, 6) is 0.283. The van der Waals surface area contributed by atoms with Crippen LogP contribution in [-0.2, 0) is 11.3 Å². The van der Waals surface area contributed by atoms with Crippen molar-refractivity contribution in [2.75, 3.05) is 5.75 Å². The summed E-state index contributed by atoms with van der Waals surface area (Å²) in [6.07, 6.45) is 3.75. The number of amides is 1. The zero-order valence-corrected chi connectivity index (χ0v) is 19.1. The molecular weight excluding hydrogens is 449 g/mol. The van der Waals surface area contributed by atoms with E-state index in [1.807, 2.05) is 17.5 Å². The van der Waals surface area contributed by atoms with Gasteiger partial charge in [-0.05, 0) is 38.1 Å². The largest absolute Gasteiger partial charge is 0.351 e. The van der Waals surface area contributed by atoms with Crippen LogP contribution in [0.5, 0.6) is 0 Å². The first-order valence-electron chi connectivity index (χ1n) is 10.1. The third-order valence-electron chi connectivity index (χ3n) is 5.56. The van der Waals surface area contributed by atoms with Crippen LogP contribution in [-0.4, -0.2) is 30.6 Å². The van der Waals surface area contributed by atoms with E-state index in [0.717, 1.165) is 26.8 Å². The number of carbonyl (C=O) groups is 1. The number of imidazole rings is 1. The highest BCUT2D eigenvalue weighted by molar-refractivity contribution is 7.99. The summed E-state index contributed by atoms with van der Waals surface area (Å²) in [7, 11) is 0. The lowest BCUT2D eigenvalue weighted by atomic mass is 10.2. The average Bonchev–Trinajstić information content (AvgIpc) is 3.45. The van der Waals surface area contributed by atoms with Gasteiger partial charge in [-0.1, -0.05) is 23.1 Å². The maximum absolute atomic E-state index is 13.2. The zero-order chi connectivity index (χ0) is 22.4. The van der Waals surface area contributed by atoms with E-state index in [-0.39, 0.29) is 29.7 Å². The van der Waals surface area contributed by atoms with Crippen LogP contribution in [0.1, 0.15) is 28.6 Å². The predicted molar refractivity (Wildman–Crippen MR) is 123 cm³/mol. The molecule has 3 aromatic heterocycles. The van der Waals surface area contributed by atoms with Crippen LogP contribution < -0.4 is 10.9 Å². The van der Waals surface area contributed by atoms with E-state index in [9.17, 15) is 14.0 Å². The molecule has 4 heterocycles. The maximum Gasteiger partial charge on any atom is 0.257 e. The fraction of sp³-hybridized carbons (Fsp3) is 0.273. The number of benzene rings is 1. The van der Waals surface area contributed by atoms with E-state index in [1.54, 1.807) is 29.8 Å². The summed E-state index contributed by atoms with van der Waals surface area (Å²) in [5, 5.41) is 3.65. The SMILES string of the molecule is Cc1cnc2n(c1=O)C(CC(=O)NCc1sc3nc(-c4ccc(F)cc4)cn3c1C)CS2. The highest BCUT2D eigenvalue weighted by atomic mass is 32.2. The van der Waals surface area contributed by atoms with Gasteiger partial charge in [-0.25, -0.2) is 14.4 Å². The second-order valence-electron chi connectivity index (χ2n) is 7.74. The summed E-state index contributed by atoms with van der Waals surface area (Å²) >= 11 is 3.02. The number of rotatable bonds is 5. The standard InChI is InChI=1S/C22H20FN5O2S2/c1-12-8-25-21-28(20(12)30)16(11-31-21)7-19(29)24-9-18-13(2)27-10-17(26-22(27)32-18)14-3-5-15(23)6-4-14/h3-6,8,10,16H,7,9,11H2,1-2H3,(H,24,29). The number of hydrogen-bond acceptors (Lipinski definition) is 6. The Bertz CT molecular complexity index is 1390. The van der Waals surface area contributed by atoms with Crippen molar-refractivity contribution in [3.63, 3.8) is 0 Å². The van der Waals surface area contributed by atoms with Crippen LogP contribution in [0.3, 0.4) is 0 Å². The van der Waals surface area contributed by atoms with Crippen molar-refractivity contribution >= 4 is 34.0 Å². The Balaban J connectivity index is 1.27. The van der Waals surface area contributed by atoms with Crippen LogP contribution >= 0.6 is 23.1 Å². The van der Waals surface area contributed by atoms with Crippen molar-refractivity contribution in [2.24, 2.45) is 0 Å². The molecule has 164 valence electrons. The first kappa shape index (κ1) is 20.9. The average molecular weight is 470 g/mol. The second-order valence-corrected chi connectivity index (χ2v) is 9.79. The molecule has 1 aliphatic rings. The molecule has 1 amide bonds. The molecular formula is C22H20FN5O2S2. The number of halogens is 1. The molecule has 1 aliphatic heterocycles. The lowest BCUT2D eigenvalue weighted by Crippen LogP contribution is -2.31. The number of aromatic nitrogens is 4. The molecule has 0 aliphatic carbocycles. The quantitative estimate of drug-likeness (QED) is 0.451. The van der Waals surface area contributed by atoms with Crippen molar-refractivity contribution < 1.29 is 9.18 Å². The van der Waals surface area contributed by atoms with E-state index >= 15 is 0 Å². The van der Waals surface area contributed by atoms with E-state index in [1.165, 1.54) is 35.2 Å². The number of thioether (sulfide) groups is 1. The van der Waals surface area contributed by atoms with E-state index < -0.39 is 0 Å². The lowest BCUT2D eigenvalue weighted by Gasteiger charge is -2.13. The minimum Gasteiger partial charge on any atom is -0.351 e. The molecule has 0 radical (unpaired) electrons. The van der Waals surface area contributed by atoms with Gasteiger partial charge in [0.05, 0.1) is 18.3 Å². The molecule has 10 heteroatoms. The van der Waals surface area contributed by atoms with E-state index in [4.69, 9.17) is 0 Å². The third kappa shape index (κ3) is 3.73. The summed E-state index contributed by atoms with van der Waals surface area (Å²) < 4.78 is 16.8. The Morgan fingerprint density at radius 3 is 2.81 bits per heavy atom. The summed E-state index contributed by atoms with van der Waals surface area (Å²) in [6, 6.07) is 6.07. The van der Waals surface area contributed by atoms with Gasteiger partial charge < -0.3 is 5.32 Å². The molecule has 1 atom stereocenters. The molecule has 0 saturated carbocycles. The van der Waals surface area contributed by atoms with Gasteiger partial charge in [0.1, 0.15) is 5.82 Å². The Hall–Kier alpha value is -2.98. The van der Waals surface area contributed by atoms with Gasteiger partial charge in [0.15, 0.2) is 10.1 Å². The molecule has 7 nitrogen and oxygen atoms in total. The Morgan fingerprint density at radius 1 is 1.28 bits per heavy atom. The number of fused-ring (bicyclic) bond motifs is 2. The van der Waals surface area contributed by atoms with Crippen molar-refractivity contribution in [1.29, 1.82) is 0 Å². The van der Waals surface area contributed by atoms with Crippen molar-refractivity contribution in [3.8, 4) is 11.3 Å². The normalized spacial score (nSPS) is 15.3. The molecule has 1 N–H and O–H groups in total. The fourth-order valence-corrected chi connectivity index (χ4v) is 5.90. The van der Waals surface area contributed by atoms with Gasteiger partial charge in [0, 0.05) is 46.3 Å². The molecule has 0 spiro atoms. The number of nitrogens with one attached hydrogen (secondary N) is 1. The number of carbonyl (C=O) groups excluding carboxylic acids is 1. The zero-order valence-electron chi connectivity index (χ0n) is 17.5. The molecule has 1 unspecified atom stereocenters. The number of aryl methyl sites for hydroxylation is 2.